The fourth-order valence-corrected chi connectivity index (χ4v) is 3.06. The average molecular weight is 262 g/mol. The zero-order valence-corrected chi connectivity index (χ0v) is 12.4. The van der Waals surface area contributed by atoms with Crippen molar-refractivity contribution in [1.29, 1.82) is 0 Å². The van der Waals surface area contributed by atoms with E-state index in [4.69, 9.17) is 4.74 Å². The lowest BCUT2D eigenvalue weighted by Gasteiger charge is -2.38. The highest BCUT2D eigenvalue weighted by Crippen LogP contribution is 2.28. The van der Waals surface area contributed by atoms with E-state index in [2.05, 4.69) is 48.5 Å². The molecule has 1 saturated heterocycles. The summed E-state index contributed by atoms with van der Waals surface area (Å²) in [6, 6.07) is 9.71. The number of piperidine rings is 1. The molecule has 2 unspecified atom stereocenters. The molecule has 0 saturated carbocycles. The van der Waals surface area contributed by atoms with Crippen LogP contribution < -0.4 is 10.1 Å². The molecular weight excluding hydrogens is 236 g/mol. The minimum atomic E-state index is 0.530. The van der Waals surface area contributed by atoms with Gasteiger partial charge in [-0.3, -0.25) is 4.90 Å². The number of likely N-dealkylation sites (N-methyl/N-ethyl adjacent to an activating group) is 1. The molecule has 1 heterocycles. The monoisotopic (exact) mass is 262 g/mol. The molecule has 1 aromatic carbocycles. The Morgan fingerprint density at radius 1 is 1.37 bits per heavy atom. The number of hydrogen-bond donors (Lipinski definition) is 1. The topological polar surface area (TPSA) is 24.5 Å². The molecule has 0 aromatic heterocycles. The van der Waals surface area contributed by atoms with Gasteiger partial charge in [-0.1, -0.05) is 19.1 Å². The molecule has 1 fully saturated rings. The van der Waals surface area contributed by atoms with Gasteiger partial charge in [0.05, 0.1) is 7.11 Å². The average Bonchev–Trinajstić information content (AvgIpc) is 2.49. The van der Waals surface area contributed by atoms with Crippen molar-refractivity contribution >= 4 is 0 Å². The van der Waals surface area contributed by atoms with Gasteiger partial charge in [-0.2, -0.15) is 0 Å². The Morgan fingerprint density at radius 3 is 2.68 bits per heavy atom. The Hall–Kier alpha value is -1.06. The van der Waals surface area contributed by atoms with Gasteiger partial charge >= 0.3 is 0 Å². The number of rotatable bonds is 5. The number of hydrogen-bond acceptors (Lipinski definition) is 3. The van der Waals surface area contributed by atoms with Crippen molar-refractivity contribution in [2.24, 2.45) is 0 Å². The third kappa shape index (κ3) is 3.48. The molecule has 2 rings (SSSR count). The lowest BCUT2D eigenvalue weighted by atomic mass is 9.98. The summed E-state index contributed by atoms with van der Waals surface area (Å²) in [5, 5.41) is 3.42. The van der Waals surface area contributed by atoms with Crippen molar-refractivity contribution in [2.75, 3.05) is 27.2 Å². The fourth-order valence-electron chi connectivity index (χ4n) is 3.06. The lowest BCUT2D eigenvalue weighted by molar-refractivity contribution is 0.136. The van der Waals surface area contributed by atoms with E-state index >= 15 is 0 Å². The Balaban J connectivity index is 2.09. The molecule has 1 aliphatic heterocycles. The van der Waals surface area contributed by atoms with Crippen LogP contribution in [0.4, 0.5) is 0 Å². The summed E-state index contributed by atoms with van der Waals surface area (Å²) >= 11 is 0. The number of methoxy groups -OCH3 is 1. The van der Waals surface area contributed by atoms with Crippen molar-refractivity contribution in [1.82, 2.24) is 10.2 Å². The van der Waals surface area contributed by atoms with Crippen LogP contribution in [0.25, 0.3) is 0 Å². The highest BCUT2D eigenvalue weighted by Gasteiger charge is 2.24. The molecule has 2 atom stereocenters. The summed E-state index contributed by atoms with van der Waals surface area (Å²) in [5.41, 5.74) is 1.40. The number of likely N-dealkylation sites (tertiary alicyclic amines) is 1. The SMILES string of the molecule is CCC(c1ccc(OC)cc1)N1CCCC(NC)C1. The number of ether oxygens (including phenoxy) is 1. The van der Waals surface area contributed by atoms with E-state index in [0.29, 0.717) is 12.1 Å². The summed E-state index contributed by atoms with van der Waals surface area (Å²) in [6.45, 7) is 4.64. The van der Waals surface area contributed by atoms with Gasteiger partial charge in [-0.15, -0.1) is 0 Å². The first kappa shape index (κ1) is 14.4. The molecule has 3 heteroatoms. The van der Waals surface area contributed by atoms with Crippen LogP contribution in [0.2, 0.25) is 0 Å². The summed E-state index contributed by atoms with van der Waals surface area (Å²) in [7, 11) is 3.79. The third-order valence-electron chi connectivity index (χ3n) is 4.19. The van der Waals surface area contributed by atoms with E-state index in [1.807, 2.05) is 0 Å². The zero-order chi connectivity index (χ0) is 13.7. The van der Waals surface area contributed by atoms with Crippen LogP contribution in [-0.4, -0.2) is 38.2 Å². The van der Waals surface area contributed by atoms with Crippen molar-refractivity contribution in [3.8, 4) is 5.75 Å². The second-order valence-electron chi connectivity index (χ2n) is 5.32. The Morgan fingerprint density at radius 2 is 2.11 bits per heavy atom. The molecule has 0 spiro atoms. The number of nitrogens with zero attached hydrogens (tertiary/aromatic N) is 1. The van der Waals surface area contributed by atoms with Crippen molar-refractivity contribution in [3.05, 3.63) is 29.8 Å². The fraction of sp³-hybridized carbons (Fsp3) is 0.625. The molecule has 19 heavy (non-hydrogen) atoms. The van der Waals surface area contributed by atoms with Gasteiger partial charge in [-0.25, -0.2) is 0 Å². The predicted molar refractivity (Wildman–Crippen MR) is 79.7 cm³/mol. The summed E-state index contributed by atoms with van der Waals surface area (Å²) in [5.74, 6) is 0.936. The van der Waals surface area contributed by atoms with E-state index in [1.165, 1.54) is 24.9 Å². The van der Waals surface area contributed by atoms with Crippen molar-refractivity contribution < 1.29 is 4.74 Å². The smallest absolute Gasteiger partial charge is 0.118 e. The van der Waals surface area contributed by atoms with Gasteiger partial charge in [0.1, 0.15) is 5.75 Å². The van der Waals surface area contributed by atoms with E-state index in [-0.39, 0.29) is 0 Å². The molecule has 0 amide bonds. The first-order valence-electron chi connectivity index (χ1n) is 7.33. The van der Waals surface area contributed by atoms with Crippen molar-refractivity contribution in [2.45, 2.75) is 38.3 Å². The molecule has 1 aliphatic rings. The molecule has 1 aromatic rings. The summed E-state index contributed by atoms with van der Waals surface area (Å²) in [6.07, 6.45) is 3.74. The lowest BCUT2D eigenvalue weighted by Crippen LogP contribution is -2.45. The van der Waals surface area contributed by atoms with E-state index in [1.54, 1.807) is 7.11 Å². The number of benzene rings is 1. The van der Waals surface area contributed by atoms with Gasteiger partial charge in [0.25, 0.3) is 0 Å². The van der Waals surface area contributed by atoms with Crippen LogP contribution in [0.1, 0.15) is 37.8 Å². The first-order chi connectivity index (χ1) is 9.28. The summed E-state index contributed by atoms with van der Waals surface area (Å²) in [4.78, 5) is 2.62. The maximum atomic E-state index is 5.24. The molecule has 1 N–H and O–H groups in total. The predicted octanol–water partition coefficient (Wildman–Crippen LogP) is 2.83. The highest BCUT2D eigenvalue weighted by molar-refractivity contribution is 5.29. The van der Waals surface area contributed by atoms with Crippen LogP contribution in [0.3, 0.4) is 0 Å². The third-order valence-corrected chi connectivity index (χ3v) is 4.19. The van der Waals surface area contributed by atoms with Crippen LogP contribution in [0.5, 0.6) is 5.75 Å². The van der Waals surface area contributed by atoms with Gasteiger partial charge < -0.3 is 10.1 Å². The normalized spacial score (nSPS) is 22.2. The molecule has 0 bridgehead atoms. The molecule has 106 valence electrons. The standard InChI is InChI=1S/C16H26N2O/c1-4-16(13-7-9-15(19-3)10-8-13)18-11-5-6-14(12-18)17-2/h7-10,14,16-17H,4-6,11-12H2,1-3H3. The van der Waals surface area contributed by atoms with Gasteiger partial charge in [0, 0.05) is 18.6 Å². The second kappa shape index (κ2) is 6.92. The second-order valence-corrected chi connectivity index (χ2v) is 5.32. The highest BCUT2D eigenvalue weighted by atomic mass is 16.5. The van der Waals surface area contributed by atoms with Gasteiger partial charge in [-0.05, 0) is 50.6 Å². The summed E-state index contributed by atoms with van der Waals surface area (Å²) < 4.78 is 5.24. The minimum absolute atomic E-state index is 0.530. The largest absolute Gasteiger partial charge is 0.497 e. The zero-order valence-electron chi connectivity index (χ0n) is 12.4. The molecule has 0 radical (unpaired) electrons. The van der Waals surface area contributed by atoms with Gasteiger partial charge in [0.15, 0.2) is 0 Å². The van der Waals surface area contributed by atoms with Crippen molar-refractivity contribution in [3.63, 3.8) is 0 Å². The van der Waals surface area contributed by atoms with Gasteiger partial charge in [0.2, 0.25) is 0 Å². The first-order valence-corrected chi connectivity index (χ1v) is 7.33. The number of nitrogens with one attached hydrogen (secondary N) is 1. The maximum absolute atomic E-state index is 5.24. The molecule has 3 nitrogen and oxygen atoms in total. The Kier molecular flexibility index (Phi) is 5.23. The maximum Gasteiger partial charge on any atom is 0.118 e. The quantitative estimate of drug-likeness (QED) is 0.883. The van der Waals surface area contributed by atoms with Crippen LogP contribution in [0.15, 0.2) is 24.3 Å². The van der Waals surface area contributed by atoms with Crippen LogP contribution in [-0.2, 0) is 0 Å². The van der Waals surface area contributed by atoms with E-state index in [9.17, 15) is 0 Å². The Labute approximate surface area is 116 Å². The van der Waals surface area contributed by atoms with Crippen LogP contribution >= 0.6 is 0 Å². The Bertz CT molecular complexity index is 377. The molecular formula is C16H26N2O. The minimum Gasteiger partial charge on any atom is -0.497 e. The van der Waals surface area contributed by atoms with E-state index < -0.39 is 0 Å². The molecule has 0 aliphatic carbocycles. The van der Waals surface area contributed by atoms with Crippen LogP contribution in [0, 0.1) is 0 Å². The van der Waals surface area contributed by atoms with E-state index in [0.717, 1.165) is 18.7 Å².